The Bertz CT molecular complexity index is 1250. The summed E-state index contributed by atoms with van der Waals surface area (Å²) in [6.07, 6.45) is 1.88. The summed E-state index contributed by atoms with van der Waals surface area (Å²) in [6, 6.07) is 18.9. The summed E-state index contributed by atoms with van der Waals surface area (Å²) < 4.78 is 2.08. The van der Waals surface area contributed by atoms with Gasteiger partial charge in [0.2, 0.25) is 0 Å². The Morgan fingerprint density at radius 1 is 1.03 bits per heavy atom. The van der Waals surface area contributed by atoms with Gasteiger partial charge in [0.1, 0.15) is 0 Å². The van der Waals surface area contributed by atoms with Gasteiger partial charge < -0.3 is 9.88 Å². The van der Waals surface area contributed by atoms with E-state index in [1.54, 1.807) is 0 Å². The van der Waals surface area contributed by atoms with Gasteiger partial charge in [-0.25, -0.2) is 4.98 Å². The number of imidazole rings is 1. The summed E-state index contributed by atoms with van der Waals surface area (Å²) in [6.45, 7) is 8.26. The number of nitrogens with one attached hydrogen (secondary N) is 1. The number of fused-ring (bicyclic) bond motifs is 1. The predicted molar refractivity (Wildman–Crippen MR) is 123 cm³/mol. The molecule has 0 saturated heterocycles. The molecule has 0 amide bonds. The minimum absolute atomic E-state index is 0.693. The molecule has 4 aromatic rings. The Morgan fingerprint density at radius 2 is 1.73 bits per heavy atom. The van der Waals surface area contributed by atoms with Crippen molar-refractivity contribution in [2.45, 2.75) is 27.3 Å². The molecule has 4 heteroatoms. The molecule has 0 fully saturated rings. The van der Waals surface area contributed by atoms with Crippen LogP contribution in [-0.2, 0) is 13.6 Å². The van der Waals surface area contributed by atoms with Gasteiger partial charge in [0, 0.05) is 30.1 Å². The van der Waals surface area contributed by atoms with E-state index in [-0.39, 0.29) is 0 Å². The minimum atomic E-state index is 0.693. The van der Waals surface area contributed by atoms with Crippen LogP contribution in [0.2, 0.25) is 0 Å². The average molecular weight is 395 g/mol. The lowest BCUT2D eigenvalue weighted by atomic mass is 9.92. The van der Waals surface area contributed by atoms with E-state index in [4.69, 9.17) is 4.98 Å². The molecule has 0 atom stereocenters. The molecule has 1 aromatic heterocycles. The molecule has 0 aliphatic rings. The Balaban J connectivity index is 1.93. The van der Waals surface area contributed by atoms with Gasteiger partial charge in [0.25, 0.3) is 0 Å². The molecule has 1 N–H and O–H groups in total. The van der Waals surface area contributed by atoms with Gasteiger partial charge in [0.05, 0.1) is 29.3 Å². The fourth-order valence-corrected chi connectivity index (χ4v) is 4.33. The molecule has 150 valence electrons. The first-order chi connectivity index (χ1) is 14.5. The topological polar surface area (TPSA) is 53.6 Å². The van der Waals surface area contributed by atoms with Crippen molar-refractivity contribution in [2.75, 3.05) is 6.54 Å². The molecule has 0 bridgehead atoms. The number of nitriles is 1. The lowest BCUT2D eigenvalue weighted by Gasteiger charge is -2.15. The van der Waals surface area contributed by atoms with E-state index in [1.165, 1.54) is 22.3 Å². The molecule has 1 heterocycles. The van der Waals surface area contributed by atoms with Gasteiger partial charge in [-0.3, -0.25) is 0 Å². The molecule has 0 aliphatic heterocycles. The van der Waals surface area contributed by atoms with Crippen LogP contribution < -0.4 is 5.32 Å². The number of aromatic nitrogens is 2. The van der Waals surface area contributed by atoms with Gasteiger partial charge in [-0.05, 0) is 48.5 Å². The SMILES string of the molecule is CCNCc1cc(C)c(-c2ncn(C)c2-c2ccc(C#N)c3ccccc23)c(C)c1. The minimum Gasteiger partial charge on any atom is -0.333 e. The molecule has 0 unspecified atom stereocenters. The van der Waals surface area contributed by atoms with Gasteiger partial charge in [-0.2, -0.15) is 5.26 Å². The van der Waals surface area contributed by atoms with E-state index in [0.717, 1.165) is 40.8 Å². The van der Waals surface area contributed by atoms with E-state index >= 15 is 0 Å². The fraction of sp³-hybridized carbons (Fsp3) is 0.231. The lowest BCUT2D eigenvalue weighted by molar-refractivity contribution is 0.726. The van der Waals surface area contributed by atoms with Crippen LogP contribution in [0.3, 0.4) is 0 Å². The molecule has 0 radical (unpaired) electrons. The molecule has 30 heavy (non-hydrogen) atoms. The highest BCUT2D eigenvalue weighted by Gasteiger charge is 2.19. The zero-order chi connectivity index (χ0) is 21.3. The quantitative estimate of drug-likeness (QED) is 0.486. The summed E-state index contributed by atoms with van der Waals surface area (Å²) >= 11 is 0. The van der Waals surface area contributed by atoms with E-state index in [1.807, 2.05) is 43.7 Å². The monoisotopic (exact) mass is 394 g/mol. The zero-order valence-corrected chi connectivity index (χ0v) is 18.0. The second-order valence-electron chi connectivity index (χ2n) is 7.76. The second-order valence-corrected chi connectivity index (χ2v) is 7.76. The zero-order valence-electron chi connectivity index (χ0n) is 18.0. The Kier molecular flexibility index (Phi) is 5.39. The third kappa shape index (κ3) is 3.38. The maximum absolute atomic E-state index is 9.53. The highest BCUT2D eigenvalue weighted by atomic mass is 15.0. The molecule has 4 nitrogen and oxygen atoms in total. The van der Waals surface area contributed by atoms with E-state index in [0.29, 0.717) is 5.56 Å². The van der Waals surface area contributed by atoms with Crippen molar-refractivity contribution < 1.29 is 0 Å². The molecule has 3 aromatic carbocycles. The largest absolute Gasteiger partial charge is 0.333 e. The van der Waals surface area contributed by atoms with Crippen LogP contribution in [-0.4, -0.2) is 16.1 Å². The third-order valence-electron chi connectivity index (χ3n) is 5.65. The highest BCUT2D eigenvalue weighted by molar-refractivity contribution is 6.01. The van der Waals surface area contributed by atoms with Crippen LogP contribution >= 0.6 is 0 Å². The van der Waals surface area contributed by atoms with Crippen LogP contribution in [0, 0.1) is 25.2 Å². The number of nitrogens with zero attached hydrogens (tertiary/aromatic N) is 3. The number of hydrogen-bond donors (Lipinski definition) is 1. The Hall–Kier alpha value is -3.42. The van der Waals surface area contributed by atoms with Gasteiger partial charge in [-0.15, -0.1) is 0 Å². The number of hydrogen-bond acceptors (Lipinski definition) is 3. The van der Waals surface area contributed by atoms with Crippen molar-refractivity contribution in [2.24, 2.45) is 7.05 Å². The van der Waals surface area contributed by atoms with Crippen molar-refractivity contribution in [1.82, 2.24) is 14.9 Å². The first-order valence-electron chi connectivity index (χ1n) is 10.3. The van der Waals surface area contributed by atoms with Crippen LogP contribution in [0.5, 0.6) is 0 Å². The summed E-state index contributed by atoms with van der Waals surface area (Å²) in [5.74, 6) is 0. The van der Waals surface area contributed by atoms with Crippen LogP contribution in [0.15, 0.2) is 54.9 Å². The Labute approximate surface area is 177 Å². The third-order valence-corrected chi connectivity index (χ3v) is 5.65. The standard InChI is InChI=1S/C26H26N4/c1-5-28-15-19-12-17(2)24(18(3)13-19)25-26(30(4)16-29-25)23-11-10-20(14-27)21-8-6-7-9-22(21)23/h6-13,16,28H,5,15H2,1-4H3. The molecule has 0 spiro atoms. The van der Waals surface area contributed by atoms with E-state index in [9.17, 15) is 5.26 Å². The molecular weight excluding hydrogens is 368 g/mol. The van der Waals surface area contributed by atoms with Gasteiger partial charge in [0.15, 0.2) is 0 Å². The van der Waals surface area contributed by atoms with Crippen LogP contribution in [0.4, 0.5) is 0 Å². The summed E-state index contributed by atoms with van der Waals surface area (Å²) in [7, 11) is 2.03. The average Bonchev–Trinajstić information content (AvgIpc) is 3.11. The molecule has 0 saturated carbocycles. The Morgan fingerprint density at radius 3 is 2.40 bits per heavy atom. The van der Waals surface area contributed by atoms with Gasteiger partial charge in [-0.1, -0.05) is 49.4 Å². The molecule has 0 aliphatic carbocycles. The summed E-state index contributed by atoms with van der Waals surface area (Å²) in [4.78, 5) is 4.81. The fourth-order valence-electron chi connectivity index (χ4n) is 4.33. The second kappa shape index (κ2) is 8.14. The van der Waals surface area contributed by atoms with Crippen molar-refractivity contribution in [3.8, 4) is 28.6 Å². The van der Waals surface area contributed by atoms with Crippen molar-refractivity contribution in [3.05, 3.63) is 77.1 Å². The number of aryl methyl sites for hydroxylation is 3. The lowest BCUT2D eigenvalue weighted by Crippen LogP contribution is -2.12. The summed E-state index contributed by atoms with van der Waals surface area (Å²) in [5, 5.41) is 15.0. The molecular formula is C26H26N4. The first kappa shape index (κ1) is 19.9. The first-order valence-corrected chi connectivity index (χ1v) is 10.3. The maximum atomic E-state index is 9.53. The van der Waals surface area contributed by atoms with Crippen LogP contribution in [0.25, 0.3) is 33.3 Å². The number of rotatable bonds is 5. The van der Waals surface area contributed by atoms with Crippen LogP contribution in [0.1, 0.15) is 29.2 Å². The predicted octanol–water partition coefficient (Wildman–Crippen LogP) is 5.51. The highest BCUT2D eigenvalue weighted by Crippen LogP contribution is 2.38. The molecule has 4 rings (SSSR count). The maximum Gasteiger partial charge on any atom is 0.0998 e. The van der Waals surface area contributed by atoms with Gasteiger partial charge >= 0.3 is 0 Å². The van der Waals surface area contributed by atoms with Crippen molar-refractivity contribution >= 4 is 10.8 Å². The normalized spacial score (nSPS) is 11.0. The van der Waals surface area contributed by atoms with Crippen molar-refractivity contribution in [3.63, 3.8) is 0 Å². The van der Waals surface area contributed by atoms with E-state index in [2.05, 4.69) is 54.9 Å². The van der Waals surface area contributed by atoms with E-state index < -0.39 is 0 Å². The van der Waals surface area contributed by atoms with Crippen molar-refractivity contribution in [1.29, 1.82) is 5.26 Å². The summed E-state index contributed by atoms with van der Waals surface area (Å²) in [5.41, 5.74) is 8.75. The number of benzene rings is 3. The smallest absolute Gasteiger partial charge is 0.0998 e.